The molecule has 0 radical (unpaired) electrons. The summed E-state index contributed by atoms with van der Waals surface area (Å²) in [6, 6.07) is 3.70. The zero-order valence-corrected chi connectivity index (χ0v) is 8.11. The monoisotopic (exact) mass is 189 g/mol. The highest BCUT2D eigenvalue weighted by atomic mass is 16.3. The van der Waals surface area contributed by atoms with Crippen LogP contribution in [0.2, 0.25) is 0 Å². The third-order valence-electron chi connectivity index (χ3n) is 1.98. The molecular formula is C10H11N3O. The summed E-state index contributed by atoms with van der Waals surface area (Å²) in [5.74, 6) is 2.12. The van der Waals surface area contributed by atoms with Gasteiger partial charge in [-0.2, -0.15) is 0 Å². The zero-order valence-electron chi connectivity index (χ0n) is 8.11. The molecule has 72 valence electrons. The summed E-state index contributed by atoms with van der Waals surface area (Å²) in [6.45, 7) is 1.97. The minimum Gasteiger partial charge on any atom is -0.461 e. The van der Waals surface area contributed by atoms with Crippen LogP contribution in [0.15, 0.2) is 29.0 Å². The predicted octanol–water partition coefficient (Wildman–Crippen LogP) is 2.09. The second-order valence-corrected chi connectivity index (χ2v) is 2.95. The van der Waals surface area contributed by atoms with Crippen molar-refractivity contribution in [3.05, 3.63) is 30.2 Å². The standard InChI is InChI=1S/C10H11N3O/c1-7-4-6-14-9(7)10-12-5-3-8(11-2)13-10/h3-6H,1-2H3,(H,11,12,13). The van der Waals surface area contributed by atoms with Gasteiger partial charge in [-0.1, -0.05) is 0 Å². The molecule has 0 aliphatic rings. The van der Waals surface area contributed by atoms with E-state index in [-0.39, 0.29) is 0 Å². The fraction of sp³-hybridized carbons (Fsp3) is 0.200. The highest BCUT2D eigenvalue weighted by Gasteiger charge is 2.08. The van der Waals surface area contributed by atoms with E-state index in [0.717, 1.165) is 17.1 Å². The maximum atomic E-state index is 5.30. The molecule has 0 unspecified atom stereocenters. The molecule has 0 saturated heterocycles. The van der Waals surface area contributed by atoms with E-state index in [1.54, 1.807) is 12.5 Å². The maximum Gasteiger partial charge on any atom is 0.197 e. The summed E-state index contributed by atoms with van der Waals surface area (Å²) in [4.78, 5) is 8.42. The number of aryl methyl sites for hydroxylation is 1. The lowest BCUT2D eigenvalue weighted by Crippen LogP contribution is -1.95. The van der Waals surface area contributed by atoms with Gasteiger partial charge in [-0.05, 0) is 24.6 Å². The Morgan fingerprint density at radius 3 is 2.86 bits per heavy atom. The van der Waals surface area contributed by atoms with Crippen molar-refractivity contribution >= 4 is 5.82 Å². The Morgan fingerprint density at radius 2 is 2.21 bits per heavy atom. The predicted molar refractivity (Wildman–Crippen MR) is 54.0 cm³/mol. The van der Waals surface area contributed by atoms with Crippen LogP contribution in [0.1, 0.15) is 5.56 Å². The van der Waals surface area contributed by atoms with Crippen LogP contribution in [0.3, 0.4) is 0 Å². The molecule has 14 heavy (non-hydrogen) atoms. The van der Waals surface area contributed by atoms with Crippen LogP contribution < -0.4 is 5.32 Å². The molecule has 2 aromatic heterocycles. The Labute approximate surface area is 82.0 Å². The van der Waals surface area contributed by atoms with Gasteiger partial charge in [0.05, 0.1) is 6.26 Å². The molecule has 0 amide bonds. The van der Waals surface area contributed by atoms with Crippen molar-refractivity contribution in [2.45, 2.75) is 6.92 Å². The van der Waals surface area contributed by atoms with Crippen LogP contribution in [-0.2, 0) is 0 Å². The Balaban J connectivity index is 2.47. The van der Waals surface area contributed by atoms with E-state index in [0.29, 0.717) is 5.82 Å². The molecule has 0 fully saturated rings. The second-order valence-electron chi connectivity index (χ2n) is 2.95. The molecule has 0 saturated carbocycles. The van der Waals surface area contributed by atoms with Crippen molar-refractivity contribution in [2.24, 2.45) is 0 Å². The van der Waals surface area contributed by atoms with Gasteiger partial charge in [0.2, 0.25) is 0 Å². The number of hydrogen-bond acceptors (Lipinski definition) is 4. The largest absolute Gasteiger partial charge is 0.461 e. The molecule has 0 aliphatic heterocycles. The molecule has 2 rings (SSSR count). The molecule has 2 aromatic rings. The van der Waals surface area contributed by atoms with E-state index in [1.807, 2.05) is 26.1 Å². The van der Waals surface area contributed by atoms with Crippen LogP contribution in [0.25, 0.3) is 11.6 Å². The highest BCUT2D eigenvalue weighted by Crippen LogP contribution is 2.20. The molecular weight excluding hydrogens is 178 g/mol. The van der Waals surface area contributed by atoms with Crippen molar-refractivity contribution in [3.8, 4) is 11.6 Å². The lowest BCUT2D eigenvalue weighted by molar-refractivity contribution is 0.575. The van der Waals surface area contributed by atoms with E-state index in [4.69, 9.17) is 4.42 Å². The minimum absolute atomic E-state index is 0.611. The van der Waals surface area contributed by atoms with Crippen LogP contribution in [0.5, 0.6) is 0 Å². The molecule has 0 spiro atoms. The quantitative estimate of drug-likeness (QED) is 0.785. The van der Waals surface area contributed by atoms with Crippen LogP contribution in [0.4, 0.5) is 5.82 Å². The van der Waals surface area contributed by atoms with Crippen molar-refractivity contribution in [3.63, 3.8) is 0 Å². The molecule has 4 nitrogen and oxygen atoms in total. The fourth-order valence-corrected chi connectivity index (χ4v) is 1.21. The van der Waals surface area contributed by atoms with Crippen molar-refractivity contribution in [2.75, 3.05) is 12.4 Å². The van der Waals surface area contributed by atoms with Gasteiger partial charge in [0.25, 0.3) is 0 Å². The molecule has 0 bridgehead atoms. The minimum atomic E-state index is 0.611. The molecule has 0 aromatic carbocycles. The smallest absolute Gasteiger partial charge is 0.197 e. The number of furan rings is 1. The van der Waals surface area contributed by atoms with E-state index < -0.39 is 0 Å². The van der Waals surface area contributed by atoms with Crippen molar-refractivity contribution in [1.29, 1.82) is 0 Å². The molecule has 2 heterocycles. The summed E-state index contributed by atoms with van der Waals surface area (Å²) < 4.78 is 5.30. The Bertz CT molecular complexity index is 436. The van der Waals surface area contributed by atoms with Gasteiger partial charge in [0.1, 0.15) is 5.82 Å². The lowest BCUT2D eigenvalue weighted by atomic mass is 10.3. The van der Waals surface area contributed by atoms with Gasteiger partial charge in [0.15, 0.2) is 11.6 Å². The Kier molecular flexibility index (Phi) is 2.18. The van der Waals surface area contributed by atoms with Gasteiger partial charge in [-0.15, -0.1) is 0 Å². The SMILES string of the molecule is CNc1ccnc(-c2occc2C)n1. The number of rotatable bonds is 2. The van der Waals surface area contributed by atoms with Crippen LogP contribution in [0, 0.1) is 6.92 Å². The first-order valence-corrected chi connectivity index (χ1v) is 4.36. The normalized spacial score (nSPS) is 10.1. The van der Waals surface area contributed by atoms with Gasteiger partial charge >= 0.3 is 0 Å². The molecule has 4 heteroatoms. The summed E-state index contributed by atoms with van der Waals surface area (Å²) >= 11 is 0. The van der Waals surface area contributed by atoms with E-state index in [9.17, 15) is 0 Å². The highest BCUT2D eigenvalue weighted by molar-refractivity contribution is 5.54. The van der Waals surface area contributed by atoms with E-state index in [2.05, 4.69) is 15.3 Å². The lowest BCUT2D eigenvalue weighted by Gasteiger charge is -2.00. The van der Waals surface area contributed by atoms with Gasteiger partial charge in [0, 0.05) is 13.2 Å². The Morgan fingerprint density at radius 1 is 1.36 bits per heavy atom. The summed E-state index contributed by atoms with van der Waals surface area (Å²) in [6.07, 6.45) is 3.34. The number of aromatic nitrogens is 2. The summed E-state index contributed by atoms with van der Waals surface area (Å²) in [5.41, 5.74) is 1.04. The average molecular weight is 189 g/mol. The summed E-state index contributed by atoms with van der Waals surface area (Å²) in [7, 11) is 1.82. The van der Waals surface area contributed by atoms with E-state index in [1.165, 1.54) is 0 Å². The first-order chi connectivity index (χ1) is 6.81. The van der Waals surface area contributed by atoms with E-state index >= 15 is 0 Å². The van der Waals surface area contributed by atoms with Crippen LogP contribution in [-0.4, -0.2) is 17.0 Å². The Hall–Kier alpha value is -1.84. The fourth-order valence-electron chi connectivity index (χ4n) is 1.21. The topological polar surface area (TPSA) is 51.0 Å². The number of anilines is 1. The summed E-state index contributed by atoms with van der Waals surface area (Å²) in [5, 5.41) is 2.96. The average Bonchev–Trinajstić information content (AvgIpc) is 2.65. The molecule has 0 atom stereocenters. The molecule has 1 N–H and O–H groups in total. The molecule has 0 aliphatic carbocycles. The van der Waals surface area contributed by atoms with Gasteiger partial charge in [-0.3, -0.25) is 0 Å². The first kappa shape index (κ1) is 8.74. The van der Waals surface area contributed by atoms with Gasteiger partial charge < -0.3 is 9.73 Å². The van der Waals surface area contributed by atoms with Crippen molar-refractivity contribution < 1.29 is 4.42 Å². The number of nitrogens with zero attached hydrogens (tertiary/aromatic N) is 2. The third kappa shape index (κ3) is 1.46. The zero-order chi connectivity index (χ0) is 9.97. The third-order valence-corrected chi connectivity index (χ3v) is 1.98. The van der Waals surface area contributed by atoms with Crippen molar-refractivity contribution in [1.82, 2.24) is 9.97 Å². The van der Waals surface area contributed by atoms with Gasteiger partial charge in [-0.25, -0.2) is 9.97 Å². The first-order valence-electron chi connectivity index (χ1n) is 4.36. The van der Waals surface area contributed by atoms with Crippen LogP contribution >= 0.6 is 0 Å². The maximum absolute atomic E-state index is 5.30. The second kappa shape index (κ2) is 3.49. The number of hydrogen-bond donors (Lipinski definition) is 1. The number of nitrogens with one attached hydrogen (secondary N) is 1.